The Balaban J connectivity index is 2.39. The highest BCUT2D eigenvalue weighted by Crippen LogP contribution is 2.26. The third-order valence-corrected chi connectivity index (χ3v) is 2.91. The lowest BCUT2D eigenvalue weighted by molar-refractivity contribution is -0.137. The van der Waals surface area contributed by atoms with E-state index in [0.29, 0.717) is 0 Å². The number of carboxylic acid groups (broad SMARTS) is 1. The summed E-state index contributed by atoms with van der Waals surface area (Å²) in [6.07, 6.45) is 4.95. The van der Waals surface area contributed by atoms with Crippen LogP contribution >= 0.6 is 0 Å². The maximum atomic E-state index is 11.9. The number of aliphatic carboxylic acids is 1. The minimum absolute atomic E-state index is 0.109. The van der Waals surface area contributed by atoms with Crippen LogP contribution in [0, 0.1) is 0 Å². The lowest BCUT2D eigenvalue weighted by Gasteiger charge is -2.23. The lowest BCUT2D eigenvalue weighted by atomic mass is 10.1. The van der Waals surface area contributed by atoms with Crippen molar-refractivity contribution in [3.63, 3.8) is 0 Å². The Morgan fingerprint density at radius 3 is 2.59 bits per heavy atom. The van der Waals surface area contributed by atoms with Gasteiger partial charge in [-0.15, -0.1) is 0 Å². The summed E-state index contributed by atoms with van der Waals surface area (Å²) in [5.41, 5.74) is 0. The van der Waals surface area contributed by atoms with Crippen LogP contribution in [0.4, 0.5) is 4.79 Å². The molecule has 0 aromatic carbocycles. The molecule has 5 nitrogen and oxygen atoms in total. The van der Waals surface area contributed by atoms with Crippen LogP contribution in [0.2, 0.25) is 0 Å². The number of unbranched alkanes of at least 4 members (excludes halogenated alkanes) is 1. The topological polar surface area (TPSA) is 69.6 Å². The first-order chi connectivity index (χ1) is 8.04. The molecule has 2 amide bonds. The van der Waals surface area contributed by atoms with Crippen molar-refractivity contribution in [2.24, 2.45) is 0 Å². The first-order valence-corrected chi connectivity index (χ1v) is 6.33. The zero-order valence-corrected chi connectivity index (χ0v) is 10.6. The third kappa shape index (κ3) is 5.06. The van der Waals surface area contributed by atoms with E-state index in [-0.39, 0.29) is 24.7 Å². The van der Waals surface area contributed by atoms with E-state index in [4.69, 9.17) is 5.11 Å². The summed E-state index contributed by atoms with van der Waals surface area (Å²) in [6, 6.07) is 0.000438. The first-order valence-electron chi connectivity index (χ1n) is 6.33. The molecule has 0 saturated heterocycles. The van der Waals surface area contributed by atoms with Crippen molar-refractivity contribution >= 4 is 12.0 Å². The van der Waals surface area contributed by atoms with Gasteiger partial charge in [-0.1, -0.05) is 19.8 Å². The normalized spacial score (nSPS) is 16.4. The second kappa shape index (κ2) is 6.47. The number of hydrogen-bond acceptors (Lipinski definition) is 2. The average molecular weight is 242 g/mol. The largest absolute Gasteiger partial charge is 0.480 e. The first kappa shape index (κ1) is 13.8. The van der Waals surface area contributed by atoms with Gasteiger partial charge in [-0.3, -0.25) is 4.79 Å². The van der Waals surface area contributed by atoms with Crippen molar-refractivity contribution < 1.29 is 14.7 Å². The second-order valence-corrected chi connectivity index (χ2v) is 4.75. The highest BCUT2D eigenvalue weighted by atomic mass is 16.4. The molecule has 1 unspecified atom stereocenters. The Kier molecular flexibility index (Phi) is 5.25. The molecular formula is C12H22N2O3. The maximum Gasteiger partial charge on any atom is 0.323 e. The van der Waals surface area contributed by atoms with Gasteiger partial charge in [0.2, 0.25) is 0 Å². The van der Waals surface area contributed by atoms with Gasteiger partial charge in [-0.05, 0) is 26.2 Å². The number of nitrogens with one attached hydrogen (secondary N) is 1. The number of carbonyl (C=O) groups excluding carboxylic acids is 1. The number of carbonyl (C=O) groups is 2. The van der Waals surface area contributed by atoms with Gasteiger partial charge in [0, 0.05) is 12.1 Å². The van der Waals surface area contributed by atoms with E-state index in [1.807, 2.05) is 6.92 Å². The Morgan fingerprint density at radius 1 is 1.47 bits per heavy atom. The van der Waals surface area contributed by atoms with Gasteiger partial charge in [0.25, 0.3) is 0 Å². The smallest absolute Gasteiger partial charge is 0.323 e. The van der Waals surface area contributed by atoms with E-state index in [0.717, 1.165) is 32.1 Å². The van der Waals surface area contributed by atoms with Crippen LogP contribution in [0.15, 0.2) is 0 Å². The van der Waals surface area contributed by atoms with E-state index in [1.165, 1.54) is 4.90 Å². The summed E-state index contributed by atoms with van der Waals surface area (Å²) in [4.78, 5) is 24.0. The van der Waals surface area contributed by atoms with Gasteiger partial charge >= 0.3 is 12.0 Å². The van der Waals surface area contributed by atoms with Gasteiger partial charge < -0.3 is 15.3 Å². The fraction of sp³-hybridized carbons (Fsp3) is 0.833. The van der Waals surface area contributed by atoms with Gasteiger partial charge in [-0.25, -0.2) is 4.79 Å². The van der Waals surface area contributed by atoms with E-state index >= 15 is 0 Å². The summed E-state index contributed by atoms with van der Waals surface area (Å²) in [6.45, 7) is 3.87. The summed E-state index contributed by atoms with van der Waals surface area (Å²) in [5, 5.41) is 11.6. The average Bonchev–Trinajstić information content (AvgIpc) is 3.06. The molecule has 0 aromatic heterocycles. The number of rotatable bonds is 7. The molecule has 98 valence electrons. The number of carboxylic acids is 1. The number of amides is 2. The maximum absolute atomic E-state index is 11.9. The Bertz CT molecular complexity index is 277. The van der Waals surface area contributed by atoms with Crippen molar-refractivity contribution in [1.82, 2.24) is 10.2 Å². The number of nitrogens with zero attached hydrogens (tertiary/aromatic N) is 1. The fourth-order valence-electron chi connectivity index (χ4n) is 1.77. The van der Waals surface area contributed by atoms with Crippen LogP contribution in [-0.4, -0.2) is 40.6 Å². The van der Waals surface area contributed by atoms with Gasteiger partial charge in [0.05, 0.1) is 0 Å². The molecule has 0 aromatic rings. The van der Waals surface area contributed by atoms with Crippen LogP contribution in [-0.2, 0) is 4.79 Å². The SMILES string of the molecule is CCCCC(C)NC(=O)N(CC(=O)O)C1CC1. The van der Waals surface area contributed by atoms with Gasteiger partial charge in [-0.2, -0.15) is 0 Å². The second-order valence-electron chi connectivity index (χ2n) is 4.75. The van der Waals surface area contributed by atoms with Crippen LogP contribution in [0.25, 0.3) is 0 Å². The molecule has 0 bridgehead atoms. The van der Waals surface area contributed by atoms with Crippen molar-refractivity contribution in [1.29, 1.82) is 0 Å². The van der Waals surface area contributed by atoms with Crippen LogP contribution < -0.4 is 5.32 Å². The van der Waals surface area contributed by atoms with Crippen LogP contribution in [0.5, 0.6) is 0 Å². The van der Waals surface area contributed by atoms with Crippen molar-refractivity contribution in [3.05, 3.63) is 0 Å². The quantitative estimate of drug-likeness (QED) is 0.715. The molecule has 2 N–H and O–H groups in total. The molecule has 0 heterocycles. The Labute approximate surface area is 102 Å². The van der Waals surface area contributed by atoms with Crippen LogP contribution in [0.3, 0.4) is 0 Å². The third-order valence-electron chi connectivity index (χ3n) is 2.91. The van der Waals surface area contributed by atoms with E-state index < -0.39 is 5.97 Å². The summed E-state index contributed by atoms with van der Waals surface area (Å²) in [5.74, 6) is -0.951. The fourth-order valence-corrected chi connectivity index (χ4v) is 1.77. The molecule has 1 rings (SSSR count). The summed E-state index contributed by atoms with van der Waals surface area (Å²) in [7, 11) is 0. The molecule has 17 heavy (non-hydrogen) atoms. The summed E-state index contributed by atoms with van der Waals surface area (Å²) < 4.78 is 0. The lowest BCUT2D eigenvalue weighted by Crippen LogP contribution is -2.47. The predicted molar refractivity (Wildman–Crippen MR) is 64.9 cm³/mol. The zero-order valence-electron chi connectivity index (χ0n) is 10.6. The van der Waals surface area contributed by atoms with Gasteiger partial charge in [0.1, 0.15) is 6.54 Å². The molecule has 1 saturated carbocycles. The highest BCUT2D eigenvalue weighted by molar-refractivity contribution is 5.80. The van der Waals surface area contributed by atoms with Crippen molar-refractivity contribution in [3.8, 4) is 0 Å². The molecule has 1 aliphatic rings. The highest BCUT2D eigenvalue weighted by Gasteiger charge is 2.34. The minimum Gasteiger partial charge on any atom is -0.480 e. The molecular weight excluding hydrogens is 220 g/mol. The predicted octanol–water partition coefficient (Wildman–Crippen LogP) is 1.82. The van der Waals surface area contributed by atoms with Crippen LogP contribution in [0.1, 0.15) is 46.0 Å². The number of urea groups is 1. The molecule has 0 radical (unpaired) electrons. The molecule has 1 aliphatic carbocycles. The molecule has 1 atom stereocenters. The standard InChI is InChI=1S/C12H22N2O3/c1-3-4-5-9(2)13-12(17)14(8-11(15)16)10-6-7-10/h9-10H,3-8H2,1-2H3,(H,13,17)(H,15,16). The van der Waals surface area contributed by atoms with Gasteiger partial charge in [0.15, 0.2) is 0 Å². The molecule has 0 spiro atoms. The monoisotopic (exact) mass is 242 g/mol. The minimum atomic E-state index is -0.951. The Hall–Kier alpha value is -1.26. The van der Waals surface area contributed by atoms with Crippen molar-refractivity contribution in [2.45, 2.75) is 58.0 Å². The number of hydrogen-bond donors (Lipinski definition) is 2. The zero-order chi connectivity index (χ0) is 12.8. The molecule has 5 heteroatoms. The molecule has 1 fully saturated rings. The summed E-state index contributed by atoms with van der Waals surface area (Å²) >= 11 is 0. The van der Waals surface area contributed by atoms with E-state index in [2.05, 4.69) is 12.2 Å². The van der Waals surface area contributed by atoms with Crippen molar-refractivity contribution in [2.75, 3.05) is 6.54 Å². The van der Waals surface area contributed by atoms with E-state index in [9.17, 15) is 9.59 Å². The molecule has 0 aliphatic heterocycles. The van der Waals surface area contributed by atoms with E-state index in [1.54, 1.807) is 0 Å². The Morgan fingerprint density at radius 2 is 2.12 bits per heavy atom.